The second-order valence-corrected chi connectivity index (χ2v) is 7.40. The molecule has 0 aliphatic carbocycles. The fourth-order valence-corrected chi connectivity index (χ4v) is 4.13. The van der Waals surface area contributed by atoms with E-state index in [1.54, 1.807) is 0 Å². The quantitative estimate of drug-likeness (QED) is 0.679. The maximum atomic E-state index is 13.3. The lowest BCUT2D eigenvalue weighted by Gasteiger charge is -2.37. The number of aliphatic imine (C=N–C) groups is 1. The SMILES string of the molecule is NC(=NCC1(c2ccc(F)cc2)CCOCC1)N1CCSCC1. The van der Waals surface area contributed by atoms with Gasteiger partial charge in [-0.05, 0) is 30.5 Å². The lowest BCUT2D eigenvalue weighted by molar-refractivity contribution is 0.0530. The summed E-state index contributed by atoms with van der Waals surface area (Å²) in [5.74, 6) is 2.64. The van der Waals surface area contributed by atoms with Crippen LogP contribution in [0.1, 0.15) is 18.4 Å². The van der Waals surface area contributed by atoms with E-state index in [-0.39, 0.29) is 11.2 Å². The molecule has 2 N–H and O–H groups in total. The highest BCUT2D eigenvalue weighted by molar-refractivity contribution is 7.99. The molecule has 0 spiro atoms. The Morgan fingerprint density at radius 2 is 1.87 bits per heavy atom. The van der Waals surface area contributed by atoms with E-state index in [2.05, 4.69) is 4.90 Å². The molecule has 2 aliphatic heterocycles. The van der Waals surface area contributed by atoms with E-state index < -0.39 is 0 Å². The molecule has 126 valence electrons. The van der Waals surface area contributed by atoms with Crippen molar-refractivity contribution in [3.8, 4) is 0 Å². The highest BCUT2D eigenvalue weighted by Crippen LogP contribution is 2.35. The van der Waals surface area contributed by atoms with Crippen LogP contribution >= 0.6 is 11.8 Å². The molecule has 3 rings (SSSR count). The summed E-state index contributed by atoms with van der Waals surface area (Å²) >= 11 is 1.96. The highest BCUT2D eigenvalue weighted by atomic mass is 32.2. The summed E-state index contributed by atoms with van der Waals surface area (Å²) in [6.45, 7) is 4.00. The third-order valence-corrected chi connectivity index (χ3v) is 5.73. The Morgan fingerprint density at radius 3 is 2.52 bits per heavy atom. The zero-order valence-electron chi connectivity index (χ0n) is 13.3. The number of nitrogens with two attached hydrogens (primary N) is 1. The van der Waals surface area contributed by atoms with Gasteiger partial charge in [-0.1, -0.05) is 12.1 Å². The molecule has 1 aromatic carbocycles. The highest BCUT2D eigenvalue weighted by Gasteiger charge is 2.34. The molecule has 0 radical (unpaired) electrons. The fraction of sp³-hybridized carbons (Fsp3) is 0.588. The predicted molar refractivity (Wildman–Crippen MR) is 93.5 cm³/mol. The van der Waals surface area contributed by atoms with Gasteiger partial charge in [-0.15, -0.1) is 0 Å². The van der Waals surface area contributed by atoms with Gasteiger partial charge < -0.3 is 15.4 Å². The van der Waals surface area contributed by atoms with Crippen molar-refractivity contribution in [3.63, 3.8) is 0 Å². The van der Waals surface area contributed by atoms with Crippen molar-refractivity contribution in [3.05, 3.63) is 35.6 Å². The van der Waals surface area contributed by atoms with Gasteiger partial charge in [-0.2, -0.15) is 11.8 Å². The Labute approximate surface area is 141 Å². The molecule has 0 aromatic heterocycles. The van der Waals surface area contributed by atoms with Crippen LogP contribution in [0.4, 0.5) is 4.39 Å². The molecule has 2 aliphatic rings. The van der Waals surface area contributed by atoms with E-state index >= 15 is 0 Å². The maximum Gasteiger partial charge on any atom is 0.191 e. The zero-order chi connectivity index (χ0) is 16.1. The Balaban J connectivity index is 1.77. The van der Waals surface area contributed by atoms with Gasteiger partial charge >= 0.3 is 0 Å². The summed E-state index contributed by atoms with van der Waals surface area (Å²) < 4.78 is 18.8. The summed E-state index contributed by atoms with van der Waals surface area (Å²) in [6.07, 6.45) is 1.79. The van der Waals surface area contributed by atoms with Crippen molar-refractivity contribution >= 4 is 17.7 Å². The predicted octanol–water partition coefficient (Wildman–Crippen LogP) is 2.24. The number of guanidine groups is 1. The van der Waals surface area contributed by atoms with Gasteiger partial charge in [0.1, 0.15) is 5.82 Å². The standard InChI is InChI=1S/C17H24FN3OS/c18-15-3-1-14(2-4-15)17(5-9-22-10-6-17)13-20-16(19)21-7-11-23-12-8-21/h1-4H,5-13H2,(H2,19,20). The van der Waals surface area contributed by atoms with Crippen molar-refractivity contribution < 1.29 is 9.13 Å². The fourth-order valence-electron chi connectivity index (χ4n) is 3.23. The average Bonchev–Trinajstić information content (AvgIpc) is 2.62. The van der Waals surface area contributed by atoms with Crippen molar-refractivity contribution in [2.75, 3.05) is 44.4 Å². The Kier molecular flexibility index (Phi) is 5.43. The number of halogens is 1. The number of hydrogen-bond acceptors (Lipinski definition) is 3. The van der Waals surface area contributed by atoms with Crippen molar-refractivity contribution in [1.29, 1.82) is 0 Å². The first-order chi connectivity index (χ1) is 11.2. The van der Waals surface area contributed by atoms with E-state index in [1.807, 2.05) is 23.9 Å². The van der Waals surface area contributed by atoms with Gasteiger partial charge in [0.2, 0.25) is 0 Å². The first-order valence-corrected chi connectivity index (χ1v) is 9.31. The molecule has 2 heterocycles. The third kappa shape index (κ3) is 3.98. The van der Waals surface area contributed by atoms with Crippen LogP contribution in [0.25, 0.3) is 0 Å². The number of thioether (sulfide) groups is 1. The Hall–Kier alpha value is -1.27. The summed E-state index contributed by atoms with van der Waals surface area (Å²) in [7, 11) is 0. The molecule has 0 saturated carbocycles. The molecular weight excluding hydrogens is 313 g/mol. The van der Waals surface area contributed by atoms with Crippen LogP contribution in [0.15, 0.2) is 29.3 Å². The van der Waals surface area contributed by atoms with Crippen molar-refractivity contribution in [2.45, 2.75) is 18.3 Å². The smallest absolute Gasteiger partial charge is 0.191 e. The number of ether oxygens (including phenoxy) is 1. The van der Waals surface area contributed by atoms with Crippen LogP contribution < -0.4 is 5.73 Å². The number of nitrogens with zero attached hydrogens (tertiary/aromatic N) is 2. The molecule has 0 amide bonds. The maximum absolute atomic E-state index is 13.3. The molecule has 6 heteroatoms. The van der Waals surface area contributed by atoms with E-state index in [0.29, 0.717) is 25.7 Å². The van der Waals surface area contributed by atoms with E-state index in [9.17, 15) is 4.39 Å². The first-order valence-electron chi connectivity index (χ1n) is 8.16. The second kappa shape index (κ2) is 7.53. The molecular formula is C17H24FN3OS. The van der Waals surface area contributed by atoms with E-state index in [0.717, 1.165) is 43.0 Å². The van der Waals surface area contributed by atoms with Crippen molar-refractivity contribution in [1.82, 2.24) is 4.90 Å². The van der Waals surface area contributed by atoms with E-state index in [4.69, 9.17) is 15.5 Å². The van der Waals surface area contributed by atoms with Gasteiger partial charge in [-0.25, -0.2) is 4.39 Å². The second-order valence-electron chi connectivity index (χ2n) is 6.17. The number of hydrogen-bond donors (Lipinski definition) is 1. The monoisotopic (exact) mass is 337 g/mol. The lowest BCUT2D eigenvalue weighted by Crippen LogP contribution is -2.44. The first kappa shape index (κ1) is 16.6. The molecule has 2 fully saturated rings. The van der Waals surface area contributed by atoms with Crippen LogP contribution in [-0.4, -0.2) is 55.2 Å². The topological polar surface area (TPSA) is 50.9 Å². The van der Waals surface area contributed by atoms with Crippen LogP contribution in [-0.2, 0) is 10.2 Å². The number of rotatable bonds is 3. The van der Waals surface area contributed by atoms with E-state index in [1.165, 1.54) is 12.1 Å². The lowest BCUT2D eigenvalue weighted by atomic mass is 9.74. The van der Waals surface area contributed by atoms with Gasteiger partial charge in [0.15, 0.2) is 5.96 Å². The molecule has 4 nitrogen and oxygen atoms in total. The normalized spacial score (nSPS) is 22.1. The largest absolute Gasteiger partial charge is 0.381 e. The zero-order valence-corrected chi connectivity index (χ0v) is 14.2. The molecule has 0 atom stereocenters. The third-order valence-electron chi connectivity index (χ3n) is 4.79. The van der Waals surface area contributed by atoms with Gasteiger partial charge in [-0.3, -0.25) is 4.99 Å². The summed E-state index contributed by atoms with van der Waals surface area (Å²) in [4.78, 5) is 6.87. The van der Waals surface area contributed by atoms with Crippen molar-refractivity contribution in [2.24, 2.45) is 10.7 Å². The van der Waals surface area contributed by atoms with Crippen LogP contribution in [0.2, 0.25) is 0 Å². The van der Waals surface area contributed by atoms with Crippen LogP contribution in [0, 0.1) is 5.82 Å². The summed E-state index contributed by atoms with van der Waals surface area (Å²) in [6, 6.07) is 6.82. The average molecular weight is 337 g/mol. The minimum absolute atomic E-state index is 0.0961. The minimum atomic E-state index is -0.204. The summed E-state index contributed by atoms with van der Waals surface area (Å²) in [5.41, 5.74) is 7.24. The van der Waals surface area contributed by atoms with Crippen LogP contribution in [0.5, 0.6) is 0 Å². The van der Waals surface area contributed by atoms with Gasteiger partial charge in [0, 0.05) is 43.2 Å². The Bertz CT molecular complexity index is 537. The Morgan fingerprint density at radius 1 is 1.22 bits per heavy atom. The molecule has 2 saturated heterocycles. The van der Waals surface area contributed by atoms with Crippen LogP contribution in [0.3, 0.4) is 0 Å². The molecule has 23 heavy (non-hydrogen) atoms. The summed E-state index contributed by atoms with van der Waals surface area (Å²) in [5, 5.41) is 0. The molecule has 0 bridgehead atoms. The molecule has 0 unspecified atom stereocenters. The van der Waals surface area contributed by atoms with Gasteiger partial charge in [0.25, 0.3) is 0 Å². The minimum Gasteiger partial charge on any atom is -0.381 e. The molecule has 1 aromatic rings. The van der Waals surface area contributed by atoms with Gasteiger partial charge in [0.05, 0.1) is 6.54 Å². The number of benzene rings is 1.